The highest BCUT2D eigenvalue weighted by molar-refractivity contribution is 5.54. The molecule has 1 N–H and O–H groups in total. The van der Waals surface area contributed by atoms with E-state index in [1.54, 1.807) is 36.4 Å². The van der Waals surface area contributed by atoms with Crippen molar-refractivity contribution < 1.29 is 27.4 Å². The van der Waals surface area contributed by atoms with Crippen LogP contribution in [0.1, 0.15) is 16.7 Å². The molecule has 0 radical (unpaired) electrons. The number of terminal acetylenes is 1. The van der Waals surface area contributed by atoms with E-state index in [0.29, 0.717) is 36.4 Å². The van der Waals surface area contributed by atoms with Gasteiger partial charge in [-0.1, -0.05) is 24.1 Å². The molecule has 2 aliphatic heterocycles. The molecular formula is C25H26F4N2O2. The van der Waals surface area contributed by atoms with Crippen LogP contribution in [0.3, 0.4) is 0 Å². The second kappa shape index (κ2) is 9.24. The summed E-state index contributed by atoms with van der Waals surface area (Å²) in [5.41, 5.74) is 0.399. The Labute approximate surface area is 190 Å². The number of hydrogen-bond acceptors (Lipinski definition) is 4. The van der Waals surface area contributed by atoms with Crippen LogP contribution < -0.4 is 4.74 Å². The summed E-state index contributed by atoms with van der Waals surface area (Å²) in [6.45, 7) is 1.23. The van der Waals surface area contributed by atoms with E-state index in [1.165, 1.54) is 11.0 Å². The van der Waals surface area contributed by atoms with E-state index in [0.717, 1.165) is 18.7 Å². The molecule has 0 spiro atoms. The Morgan fingerprint density at radius 1 is 1.15 bits per heavy atom. The van der Waals surface area contributed by atoms with Gasteiger partial charge in [-0.15, -0.1) is 6.42 Å². The molecule has 1 saturated heterocycles. The Morgan fingerprint density at radius 3 is 2.52 bits per heavy atom. The number of nitrogens with zero attached hydrogens (tertiary/aromatic N) is 2. The zero-order valence-corrected chi connectivity index (χ0v) is 18.1. The van der Waals surface area contributed by atoms with Crippen molar-refractivity contribution in [1.82, 2.24) is 9.80 Å². The van der Waals surface area contributed by atoms with Crippen LogP contribution in [0.5, 0.6) is 11.5 Å². The minimum Gasteiger partial charge on any atom is -0.508 e. The number of hydrogen-bond donors (Lipinski definition) is 1. The lowest BCUT2D eigenvalue weighted by Gasteiger charge is -2.45. The average molecular weight is 462 g/mol. The Morgan fingerprint density at radius 2 is 1.88 bits per heavy atom. The zero-order valence-electron chi connectivity index (χ0n) is 18.1. The van der Waals surface area contributed by atoms with Gasteiger partial charge in [0.25, 0.3) is 0 Å². The molecule has 0 bridgehead atoms. The maximum atomic E-state index is 13.4. The van der Waals surface area contributed by atoms with Gasteiger partial charge in [-0.25, -0.2) is 0 Å². The number of likely N-dealkylation sites (tertiary alicyclic amines) is 1. The molecule has 33 heavy (non-hydrogen) atoms. The quantitative estimate of drug-likeness (QED) is 0.499. The minimum absolute atomic E-state index is 0.0488. The van der Waals surface area contributed by atoms with Gasteiger partial charge in [-0.2, -0.15) is 13.2 Å². The summed E-state index contributed by atoms with van der Waals surface area (Å²) in [5, 5.41) is 9.88. The van der Waals surface area contributed by atoms with Gasteiger partial charge in [-0.3, -0.25) is 14.2 Å². The molecule has 0 amide bonds. The maximum absolute atomic E-state index is 13.4. The number of benzene rings is 2. The monoisotopic (exact) mass is 462 g/mol. The molecule has 4 nitrogen and oxygen atoms in total. The fourth-order valence-corrected chi connectivity index (χ4v) is 4.78. The average Bonchev–Trinajstić information content (AvgIpc) is 2.75. The molecule has 176 valence electrons. The minimum atomic E-state index is -4.42. The highest BCUT2D eigenvalue weighted by Crippen LogP contribution is 2.43. The molecule has 1 fully saturated rings. The van der Waals surface area contributed by atoms with Crippen molar-refractivity contribution in [2.45, 2.75) is 18.1 Å². The highest BCUT2D eigenvalue weighted by Gasteiger charge is 2.47. The Bertz CT molecular complexity index is 1010. The van der Waals surface area contributed by atoms with E-state index in [9.17, 15) is 22.7 Å². The number of ether oxygens (including phenoxy) is 1. The van der Waals surface area contributed by atoms with Crippen LogP contribution in [0.2, 0.25) is 0 Å². The topological polar surface area (TPSA) is 35.9 Å². The standard InChI is InChI=1S/C25H26F4N2O2/c1-2-24(20-3-6-22(7-4-20)33-12-11-30-15-18(14-26)16-30)23-8-5-21(32)13-19(23)9-10-31(24)17-25(27,28)29/h1,3-8,13,18,32H,9-12,14-17H2/t24-/m0/s1. The molecule has 2 aromatic rings. The predicted octanol–water partition coefficient (Wildman–Crippen LogP) is 3.97. The van der Waals surface area contributed by atoms with Gasteiger partial charge in [0.2, 0.25) is 0 Å². The summed E-state index contributed by atoms with van der Waals surface area (Å²) in [4.78, 5) is 3.38. The van der Waals surface area contributed by atoms with Crippen molar-refractivity contribution in [3.63, 3.8) is 0 Å². The van der Waals surface area contributed by atoms with E-state index < -0.39 is 18.3 Å². The van der Waals surface area contributed by atoms with Gasteiger partial charge in [-0.05, 0) is 47.4 Å². The van der Waals surface area contributed by atoms with Gasteiger partial charge < -0.3 is 9.84 Å². The second-order valence-electron chi connectivity index (χ2n) is 8.64. The number of halogens is 4. The van der Waals surface area contributed by atoms with E-state index >= 15 is 0 Å². The number of fused-ring (bicyclic) bond motifs is 1. The largest absolute Gasteiger partial charge is 0.508 e. The van der Waals surface area contributed by atoms with Crippen LogP contribution in [-0.2, 0) is 12.0 Å². The van der Waals surface area contributed by atoms with Gasteiger partial charge in [0, 0.05) is 32.1 Å². The Hall–Kier alpha value is -2.76. The molecule has 0 aliphatic carbocycles. The Balaban J connectivity index is 1.57. The molecule has 0 aromatic heterocycles. The molecule has 0 saturated carbocycles. The summed E-state index contributed by atoms with van der Waals surface area (Å²) in [7, 11) is 0. The first kappa shape index (κ1) is 23.4. The second-order valence-corrected chi connectivity index (χ2v) is 8.64. The summed E-state index contributed by atoms with van der Waals surface area (Å²) in [5.74, 6) is 3.40. The summed E-state index contributed by atoms with van der Waals surface area (Å²) in [6, 6.07) is 11.4. The van der Waals surface area contributed by atoms with Crippen LogP contribution in [-0.4, -0.2) is 67.1 Å². The van der Waals surface area contributed by atoms with Gasteiger partial charge in [0.05, 0.1) is 13.2 Å². The van der Waals surface area contributed by atoms with E-state index in [2.05, 4.69) is 10.8 Å². The summed E-state index contributed by atoms with van der Waals surface area (Å²) < 4.78 is 58.6. The lowest BCUT2D eigenvalue weighted by molar-refractivity contribution is -0.154. The van der Waals surface area contributed by atoms with E-state index in [-0.39, 0.29) is 24.9 Å². The fourth-order valence-electron chi connectivity index (χ4n) is 4.78. The predicted molar refractivity (Wildman–Crippen MR) is 117 cm³/mol. The first-order chi connectivity index (χ1) is 15.7. The molecule has 4 rings (SSSR count). The van der Waals surface area contributed by atoms with E-state index in [4.69, 9.17) is 11.2 Å². The van der Waals surface area contributed by atoms with Gasteiger partial charge in [0.1, 0.15) is 23.6 Å². The summed E-state index contributed by atoms with van der Waals surface area (Å²) in [6.07, 6.45) is 1.88. The van der Waals surface area contributed by atoms with Crippen LogP contribution >= 0.6 is 0 Å². The van der Waals surface area contributed by atoms with Crippen molar-refractivity contribution in [2.24, 2.45) is 5.92 Å². The zero-order chi connectivity index (χ0) is 23.6. The van der Waals surface area contributed by atoms with Crippen molar-refractivity contribution in [2.75, 3.05) is 46.0 Å². The van der Waals surface area contributed by atoms with Crippen molar-refractivity contribution in [3.05, 3.63) is 59.2 Å². The first-order valence-corrected chi connectivity index (χ1v) is 10.9. The first-order valence-electron chi connectivity index (χ1n) is 10.9. The number of aromatic hydroxyl groups is 1. The van der Waals surface area contributed by atoms with Crippen LogP contribution in [0, 0.1) is 18.3 Å². The SMILES string of the molecule is C#C[C@]1(c2ccc(OCCN3CC(CF)C3)cc2)c2ccc(O)cc2CCN1CC(F)(F)F. The molecule has 1 atom stereocenters. The maximum Gasteiger partial charge on any atom is 0.401 e. The van der Waals surface area contributed by atoms with E-state index in [1.807, 2.05) is 0 Å². The smallest absolute Gasteiger partial charge is 0.401 e. The lowest BCUT2D eigenvalue weighted by Crippen LogP contribution is -2.53. The Kier molecular flexibility index (Phi) is 6.55. The summed E-state index contributed by atoms with van der Waals surface area (Å²) >= 11 is 0. The third kappa shape index (κ3) is 4.80. The number of phenolic OH excluding ortho intramolecular Hbond substituents is 1. The molecule has 2 aromatic carbocycles. The third-order valence-corrected chi connectivity index (χ3v) is 6.38. The normalized spacial score (nSPS) is 21.8. The van der Waals surface area contributed by atoms with Crippen LogP contribution in [0.4, 0.5) is 17.6 Å². The van der Waals surface area contributed by atoms with Gasteiger partial charge in [0.15, 0.2) is 0 Å². The van der Waals surface area contributed by atoms with Crippen molar-refractivity contribution >= 4 is 0 Å². The van der Waals surface area contributed by atoms with Crippen molar-refractivity contribution in [3.8, 4) is 23.8 Å². The number of phenols is 1. The number of rotatable bonds is 7. The molecular weight excluding hydrogens is 436 g/mol. The molecule has 2 heterocycles. The molecule has 8 heteroatoms. The van der Waals surface area contributed by atoms with Crippen LogP contribution in [0.15, 0.2) is 42.5 Å². The van der Waals surface area contributed by atoms with Crippen molar-refractivity contribution in [1.29, 1.82) is 0 Å². The van der Waals surface area contributed by atoms with Crippen LogP contribution in [0.25, 0.3) is 0 Å². The number of alkyl halides is 4. The highest BCUT2D eigenvalue weighted by atomic mass is 19.4. The molecule has 2 aliphatic rings. The lowest BCUT2D eigenvalue weighted by atomic mass is 9.76. The van der Waals surface area contributed by atoms with Gasteiger partial charge >= 0.3 is 6.18 Å². The third-order valence-electron chi connectivity index (χ3n) is 6.38. The molecule has 0 unspecified atom stereocenters. The fraction of sp³-hybridized carbons (Fsp3) is 0.440.